The smallest absolute Gasteiger partial charge is 0.137 e. The molecule has 15 heavy (non-hydrogen) atoms. The minimum absolute atomic E-state index is 0.762. The van der Waals surface area contributed by atoms with E-state index in [9.17, 15) is 0 Å². The molecule has 2 rings (SSSR count). The lowest BCUT2D eigenvalue weighted by Crippen LogP contribution is -2.15. The monoisotopic (exact) mass is 317 g/mol. The molecule has 1 aliphatic rings. The summed E-state index contributed by atoms with van der Waals surface area (Å²) >= 11 is 2.20. The van der Waals surface area contributed by atoms with E-state index in [0.29, 0.717) is 0 Å². The van der Waals surface area contributed by atoms with Crippen LogP contribution >= 0.6 is 22.6 Å². The van der Waals surface area contributed by atoms with E-state index in [1.807, 2.05) is 18.3 Å². The Hall–Kier alpha value is -0.320. The Morgan fingerprint density at radius 2 is 2.07 bits per heavy atom. The zero-order valence-corrected chi connectivity index (χ0v) is 10.9. The second-order valence-corrected chi connectivity index (χ2v) is 5.24. The third kappa shape index (κ3) is 3.63. The number of rotatable bonds is 3. The van der Waals surface area contributed by atoms with Crippen LogP contribution in [0.3, 0.4) is 0 Å². The molecule has 2 nitrogen and oxygen atoms in total. The van der Waals surface area contributed by atoms with Crippen LogP contribution in [-0.4, -0.2) is 11.6 Å². The van der Waals surface area contributed by atoms with Crippen molar-refractivity contribution in [1.82, 2.24) is 4.98 Å². The van der Waals surface area contributed by atoms with Crippen molar-refractivity contribution in [3.8, 4) is 5.75 Å². The number of nitrogens with zero attached hydrogens (tertiary/aromatic N) is 1. The lowest BCUT2D eigenvalue weighted by atomic mass is 9.90. The van der Waals surface area contributed by atoms with Gasteiger partial charge in [-0.15, -0.1) is 0 Å². The van der Waals surface area contributed by atoms with Crippen LogP contribution in [0.5, 0.6) is 5.75 Å². The van der Waals surface area contributed by atoms with Gasteiger partial charge in [-0.1, -0.05) is 19.3 Å². The summed E-state index contributed by atoms with van der Waals surface area (Å²) < 4.78 is 6.75. The molecule has 0 aromatic carbocycles. The van der Waals surface area contributed by atoms with E-state index in [-0.39, 0.29) is 0 Å². The highest BCUT2D eigenvalue weighted by Crippen LogP contribution is 2.24. The second kappa shape index (κ2) is 5.68. The van der Waals surface area contributed by atoms with E-state index < -0.39 is 0 Å². The summed E-state index contributed by atoms with van der Waals surface area (Å²) in [5.41, 5.74) is 0. The minimum Gasteiger partial charge on any atom is -0.492 e. The number of aromatic nitrogens is 1. The normalized spacial score (nSPS) is 17.7. The zero-order chi connectivity index (χ0) is 10.5. The Morgan fingerprint density at radius 1 is 1.27 bits per heavy atom. The van der Waals surface area contributed by atoms with Crippen molar-refractivity contribution in [3.05, 3.63) is 22.0 Å². The highest BCUT2D eigenvalue weighted by atomic mass is 127. The van der Waals surface area contributed by atoms with Gasteiger partial charge < -0.3 is 4.74 Å². The van der Waals surface area contributed by atoms with Crippen LogP contribution in [0.1, 0.15) is 32.1 Å². The maximum Gasteiger partial charge on any atom is 0.137 e. The van der Waals surface area contributed by atoms with E-state index in [2.05, 4.69) is 27.6 Å². The molecule has 1 aromatic rings. The zero-order valence-electron chi connectivity index (χ0n) is 8.79. The summed E-state index contributed by atoms with van der Waals surface area (Å²) in [6.45, 7) is 0.863. The van der Waals surface area contributed by atoms with Crippen LogP contribution in [0.2, 0.25) is 0 Å². The van der Waals surface area contributed by atoms with Crippen LogP contribution in [0.4, 0.5) is 0 Å². The van der Waals surface area contributed by atoms with E-state index in [4.69, 9.17) is 4.74 Å². The molecule has 3 heteroatoms. The number of hydrogen-bond donors (Lipinski definition) is 0. The van der Waals surface area contributed by atoms with Gasteiger partial charge in [0.15, 0.2) is 0 Å². The fourth-order valence-electron chi connectivity index (χ4n) is 2.02. The van der Waals surface area contributed by atoms with Gasteiger partial charge >= 0.3 is 0 Å². The number of ether oxygens (including phenoxy) is 1. The molecule has 0 bridgehead atoms. The van der Waals surface area contributed by atoms with Crippen molar-refractivity contribution in [2.45, 2.75) is 32.1 Å². The molecule has 0 unspecified atom stereocenters. The van der Waals surface area contributed by atoms with Gasteiger partial charge in [-0.3, -0.25) is 0 Å². The summed E-state index contributed by atoms with van der Waals surface area (Å²) in [6, 6.07) is 3.98. The highest BCUT2D eigenvalue weighted by molar-refractivity contribution is 14.1. The Labute approximate surface area is 105 Å². The molecule has 1 heterocycles. The molecule has 0 N–H and O–H groups in total. The summed E-state index contributed by atoms with van der Waals surface area (Å²) in [6.07, 6.45) is 8.62. The lowest BCUT2D eigenvalue weighted by Gasteiger charge is -2.21. The van der Waals surface area contributed by atoms with E-state index >= 15 is 0 Å². The second-order valence-electron chi connectivity index (χ2n) is 4.13. The van der Waals surface area contributed by atoms with Crippen molar-refractivity contribution in [2.75, 3.05) is 6.61 Å². The Kier molecular flexibility index (Phi) is 4.23. The average Bonchev–Trinajstić information content (AvgIpc) is 2.30. The molecule has 0 radical (unpaired) electrons. The third-order valence-electron chi connectivity index (χ3n) is 2.91. The Morgan fingerprint density at radius 3 is 2.73 bits per heavy atom. The minimum atomic E-state index is 0.762. The molecular weight excluding hydrogens is 301 g/mol. The van der Waals surface area contributed by atoms with Gasteiger partial charge in [-0.25, -0.2) is 4.98 Å². The highest BCUT2D eigenvalue weighted by Gasteiger charge is 2.13. The molecule has 0 amide bonds. The average molecular weight is 317 g/mol. The first-order valence-corrected chi connectivity index (χ1v) is 6.67. The first kappa shape index (κ1) is 11.2. The van der Waals surface area contributed by atoms with Gasteiger partial charge in [0, 0.05) is 0 Å². The molecule has 1 fully saturated rings. The molecule has 0 spiro atoms. The molecule has 0 atom stereocenters. The quantitative estimate of drug-likeness (QED) is 0.627. The fourth-order valence-corrected chi connectivity index (χ4v) is 2.33. The standard InChI is InChI=1S/C12H16INO/c13-12-7-6-11(8-14-12)15-9-10-4-2-1-3-5-10/h6-8,10H,1-5,9H2. The van der Waals surface area contributed by atoms with Crippen LogP contribution in [0.25, 0.3) is 0 Å². The molecule has 0 saturated heterocycles. The molecule has 82 valence electrons. The molecule has 1 aromatic heterocycles. The molecule has 1 aliphatic carbocycles. The summed E-state index contributed by atoms with van der Waals surface area (Å²) in [5, 5.41) is 0. The number of pyridine rings is 1. The van der Waals surface area contributed by atoms with E-state index in [1.165, 1.54) is 32.1 Å². The molecule has 0 aliphatic heterocycles. The summed E-state index contributed by atoms with van der Waals surface area (Å²) in [5.74, 6) is 1.67. The SMILES string of the molecule is Ic1ccc(OCC2CCCCC2)cn1. The van der Waals surface area contributed by atoms with Gasteiger partial charge in [-0.05, 0) is 53.5 Å². The Bertz CT molecular complexity index is 293. The maximum absolute atomic E-state index is 5.73. The van der Waals surface area contributed by atoms with Gasteiger partial charge in [0.1, 0.15) is 9.45 Å². The van der Waals surface area contributed by atoms with Crippen molar-refractivity contribution in [1.29, 1.82) is 0 Å². The molecular formula is C12H16INO. The van der Waals surface area contributed by atoms with Crippen molar-refractivity contribution in [2.24, 2.45) is 5.92 Å². The third-order valence-corrected chi connectivity index (χ3v) is 3.55. The Balaban J connectivity index is 1.79. The summed E-state index contributed by atoms with van der Waals surface area (Å²) in [7, 11) is 0. The van der Waals surface area contributed by atoms with Crippen LogP contribution in [-0.2, 0) is 0 Å². The van der Waals surface area contributed by atoms with E-state index in [1.54, 1.807) is 0 Å². The van der Waals surface area contributed by atoms with E-state index in [0.717, 1.165) is 22.0 Å². The largest absolute Gasteiger partial charge is 0.492 e. The van der Waals surface area contributed by atoms with Gasteiger partial charge in [0.25, 0.3) is 0 Å². The van der Waals surface area contributed by atoms with Gasteiger partial charge in [0.05, 0.1) is 12.8 Å². The van der Waals surface area contributed by atoms with Crippen LogP contribution < -0.4 is 4.74 Å². The summed E-state index contributed by atoms with van der Waals surface area (Å²) in [4.78, 5) is 4.20. The van der Waals surface area contributed by atoms with Gasteiger partial charge in [-0.2, -0.15) is 0 Å². The van der Waals surface area contributed by atoms with Crippen molar-refractivity contribution in [3.63, 3.8) is 0 Å². The van der Waals surface area contributed by atoms with Crippen LogP contribution in [0.15, 0.2) is 18.3 Å². The predicted molar refractivity (Wildman–Crippen MR) is 69.0 cm³/mol. The van der Waals surface area contributed by atoms with Crippen LogP contribution in [0, 0.1) is 9.62 Å². The van der Waals surface area contributed by atoms with Crippen molar-refractivity contribution >= 4 is 22.6 Å². The number of hydrogen-bond acceptors (Lipinski definition) is 2. The number of halogens is 1. The first-order chi connectivity index (χ1) is 7.34. The topological polar surface area (TPSA) is 22.1 Å². The predicted octanol–water partition coefficient (Wildman–Crippen LogP) is 3.65. The van der Waals surface area contributed by atoms with Crippen molar-refractivity contribution < 1.29 is 4.74 Å². The molecule has 1 saturated carbocycles. The van der Waals surface area contributed by atoms with Gasteiger partial charge in [0.2, 0.25) is 0 Å². The maximum atomic E-state index is 5.73. The lowest BCUT2D eigenvalue weighted by molar-refractivity contribution is 0.208. The fraction of sp³-hybridized carbons (Fsp3) is 0.583. The first-order valence-electron chi connectivity index (χ1n) is 5.59.